The smallest absolute Gasteiger partial charge is 0.405 e. The summed E-state index contributed by atoms with van der Waals surface area (Å²) >= 11 is 0. The van der Waals surface area contributed by atoms with Crippen LogP contribution in [0.4, 0.5) is 24.7 Å². The minimum atomic E-state index is -4.38. The number of nitrogens with zero attached hydrogens (tertiary/aromatic N) is 2. The highest BCUT2D eigenvalue weighted by Crippen LogP contribution is 2.35. The van der Waals surface area contributed by atoms with Gasteiger partial charge >= 0.3 is 12.1 Å². The van der Waals surface area contributed by atoms with Crippen molar-refractivity contribution in [3.8, 4) is 0 Å². The van der Waals surface area contributed by atoms with E-state index in [4.69, 9.17) is 10.5 Å². The molecule has 0 unspecified atom stereocenters. The van der Waals surface area contributed by atoms with Crippen molar-refractivity contribution in [2.24, 2.45) is 0 Å². The Hall–Kier alpha value is -1.99. The van der Waals surface area contributed by atoms with Crippen molar-refractivity contribution >= 4 is 17.5 Å². The van der Waals surface area contributed by atoms with Gasteiger partial charge in [0, 0.05) is 6.04 Å². The topological polar surface area (TPSA) is 68.5 Å². The highest BCUT2D eigenvalue weighted by atomic mass is 19.4. The molecule has 1 heterocycles. The number of carbonyl (C=O) groups is 1. The number of pyridine rings is 1. The number of nitrogen functional groups attached to an aromatic ring is 1. The molecule has 8 heteroatoms. The maximum Gasteiger partial charge on any atom is 0.405 e. The Morgan fingerprint density at radius 1 is 1.52 bits per heavy atom. The Morgan fingerprint density at radius 2 is 2.19 bits per heavy atom. The van der Waals surface area contributed by atoms with Crippen molar-refractivity contribution in [1.29, 1.82) is 0 Å². The molecular weight excluding hydrogens is 287 g/mol. The van der Waals surface area contributed by atoms with Gasteiger partial charge in [-0.3, -0.25) is 0 Å². The highest BCUT2D eigenvalue weighted by Gasteiger charge is 2.40. The molecule has 2 rings (SSSR count). The summed E-state index contributed by atoms with van der Waals surface area (Å²) in [4.78, 5) is 16.9. The Bertz CT molecular complexity index is 530. The van der Waals surface area contributed by atoms with E-state index in [0.717, 1.165) is 4.90 Å². The number of aromatic nitrogens is 1. The maximum absolute atomic E-state index is 12.7. The molecule has 1 fully saturated rings. The van der Waals surface area contributed by atoms with Gasteiger partial charge in [-0.25, -0.2) is 9.78 Å². The SMILES string of the molecule is CCOC(=O)c1cc(N)cnc1N(CC(F)(F)F)C1CC1. The lowest BCUT2D eigenvalue weighted by molar-refractivity contribution is -0.120. The summed E-state index contributed by atoms with van der Waals surface area (Å²) in [6, 6.07) is 1.04. The minimum Gasteiger partial charge on any atom is -0.462 e. The molecule has 1 aliphatic carbocycles. The summed E-state index contributed by atoms with van der Waals surface area (Å²) in [6.07, 6.45) is -1.85. The molecule has 0 spiro atoms. The quantitative estimate of drug-likeness (QED) is 0.846. The van der Waals surface area contributed by atoms with Gasteiger partial charge in [0.15, 0.2) is 0 Å². The molecule has 1 aliphatic rings. The van der Waals surface area contributed by atoms with Gasteiger partial charge in [0.2, 0.25) is 0 Å². The minimum absolute atomic E-state index is 0.0255. The molecule has 1 aromatic rings. The summed E-state index contributed by atoms with van der Waals surface area (Å²) in [5.41, 5.74) is 5.73. The van der Waals surface area contributed by atoms with Crippen molar-refractivity contribution in [1.82, 2.24) is 4.98 Å². The van der Waals surface area contributed by atoms with E-state index in [1.165, 1.54) is 12.3 Å². The molecule has 0 saturated heterocycles. The first-order valence-corrected chi connectivity index (χ1v) is 6.58. The number of esters is 1. The van der Waals surface area contributed by atoms with E-state index in [1.807, 2.05) is 0 Å². The molecule has 0 bridgehead atoms. The Labute approximate surface area is 119 Å². The summed E-state index contributed by atoms with van der Waals surface area (Å²) in [6.45, 7) is 0.586. The number of hydrogen-bond acceptors (Lipinski definition) is 5. The lowest BCUT2D eigenvalue weighted by atomic mass is 10.2. The van der Waals surface area contributed by atoms with E-state index in [9.17, 15) is 18.0 Å². The Kier molecular flexibility index (Phi) is 4.24. The number of carbonyl (C=O) groups excluding carboxylic acids is 1. The van der Waals surface area contributed by atoms with Crippen LogP contribution in [0, 0.1) is 0 Å². The number of alkyl halides is 3. The number of halogens is 3. The molecule has 116 valence electrons. The molecule has 0 radical (unpaired) electrons. The van der Waals surface area contributed by atoms with Crippen LogP contribution in [0.15, 0.2) is 12.3 Å². The molecule has 0 aromatic carbocycles. The highest BCUT2D eigenvalue weighted by molar-refractivity contribution is 5.95. The number of rotatable bonds is 5. The van der Waals surface area contributed by atoms with Crippen LogP contribution in [0.2, 0.25) is 0 Å². The third kappa shape index (κ3) is 3.99. The standard InChI is InChI=1S/C13H16F3N3O2/c1-2-21-12(20)10-5-8(17)6-18-11(10)19(9-3-4-9)7-13(14,15)16/h5-6,9H,2-4,7,17H2,1H3. The van der Waals surface area contributed by atoms with Crippen LogP contribution >= 0.6 is 0 Å². The van der Waals surface area contributed by atoms with Crippen molar-refractivity contribution in [2.45, 2.75) is 32.0 Å². The fraction of sp³-hybridized carbons (Fsp3) is 0.538. The number of anilines is 2. The molecule has 0 aliphatic heterocycles. The zero-order valence-corrected chi connectivity index (χ0v) is 11.5. The van der Waals surface area contributed by atoms with Gasteiger partial charge in [0.1, 0.15) is 17.9 Å². The normalized spacial score (nSPS) is 14.9. The third-order valence-corrected chi connectivity index (χ3v) is 2.99. The Morgan fingerprint density at radius 3 is 2.71 bits per heavy atom. The van der Waals surface area contributed by atoms with Crippen LogP contribution in [0.1, 0.15) is 30.1 Å². The summed E-state index contributed by atoms with van der Waals surface area (Å²) in [5.74, 6) is -0.748. The zero-order chi connectivity index (χ0) is 15.6. The van der Waals surface area contributed by atoms with Gasteiger partial charge in [-0.1, -0.05) is 0 Å². The molecular formula is C13H16F3N3O2. The molecule has 21 heavy (non-hydrogen) atoms. The number of nitrogens with two attached hydrogens (primary N) is 1. The second-order valence-corrected chi connectivity index (χ2v) is 4.83. The van der Waals surface area contributed by atoms with Crippen LogP contribution in [-0.4, -0.2) is 36.3 Å². The molecule has 5 nitrogen and oxygen atoms in total. The monoisotopic (exact) mass is 303 g/mol. The summed E-state index contributed by atoms with van der Waals surface area (Å²) < 4.78 is 43.0. The molecule has 0 atom stereocenters. The van der Waals surface area contributed by atoms with Gasteiger partial charge in [0.05, 0.1) is 18.5 Å². The van der Waals surface area contributed by atoms with Crippen molar-refractivity contribution in [2.75, 3.05) is 23.8 Å². The molecule has 0 amide bonds. The number of ether oxygens (including phenoxy) is 1. The zero-order valence-electron chi connectivity index (χ0n) is 11.5. The average molecular weight is 303 g/mol. The first-order valence-electron chi connectivity index (χ1n) is 6.58. The summed E-state index contributed by atoms with van der Waals surface area (Å²) in [7, 11) is 0. The Balaban J connectivity index is 2.37. The van der Waals surface area contributed by atoms with Gasteiger partial charge < -0.3 is 15.4 Å². The van der Waals surface area contributed by atoms with Crippen molar-refractivity contribution < 1.29 is 22.7 Å². The average Bonchev–Trinajstić information content (AvgIpc) is 3.19. The predicted octanol–water partition coefficient (Wildman–Crippen LogP) is 2.37. The van der Waals surface area contributed by atoms with Crippen LogP contribution in [0.3, 0.4) is 0 Å². The lowest BCUT2D eigenvalue weighted by Crippen LogP contribution is -2.37. The van der Waals surface area contributed by atoms with E-state index in [1.54, 1.807) is 6.92 Å². The lowest BCUT2D eigenvalue weighted by Gasteiger charge is -2.26. The first-order chi connectivity index (χ1) is 9.81. The van der Waals surface area contributed by atoms with E-state index in [0.29, 0.717) is 12.8 Å². The molecule has 1 aromatic heterocycles. The van der Waals surface area contributed by atoms with Crippen LogP contribution in [-0.2, 0) is 4.74 Å². The van der Waals surface area contributed by atoms with Gasteiger partial charge in [-0.15, -0.1) is 0 Å². The van der Waals surface area contributed by atoms with Gasteiger partial charge in [-0.05, 0) is 25.8 Å². The maximum atomic E-state index is 12.7. The fourth-order valence-electron chi connectivity index (χ4n) is 2.02. The predicted molar refractivity (Wildman–Crippen MR) is 71.0 cm³/mol. The fourth-order valence-corrected chi connectivity index (χ4v) is 2.02. The van der Waals surface area contributed by atoms with Crippen LogP contribution < -0.4 is 10.6 Å². The molecule has 1 saturated carbocycles. The van der Waals surface area contributed by atoms with Crippen LogP contribution in [0.25, 0.3) is 0 Å². The van der Waals surface area contributed by atoms with Gasteiger partial charge in [0.25, 0.3) is 0 Å². The van der Waals surface area contributed by atoms with Crippen LogP contribution in [0.5, 0.6) is 0 Å². The third-order valence-electron chi connectivity index (χ3n) is 2.99. The second kappa shape index (κ2) is 5.79. The van der Waals surface area contributed by atoms with Crippen molar-refractivity contribution in [3.05, 3.63) is 17.8 Å². The van der Waals surface area contributed by atoms with E-state index >= 15 is 0 Å². The first kappa shape index (κ1) is 15.4. The van der Waals surface area contributed by atoms with E-state index in [-0.39, 0.29) is 29.7 Å². The summed E-state index contributed by atoms with van der Waals surface area (Å²) in [5, 5.41) is 0. The van der Waals surface area contributed by atoms with E-state index < -0.39 is 18.7 Å². The van der Waals surface area contributed by atoms with E-state index in [2.05, 4.69) is 4.98 Å². The second-order valence-electron chi connectivity index (χ2n) is 4.83. The largest absolute Gasteiger partial charge is 0.462 e. The van der Waals surface area contributed by atoms with Crippen molar-refractivity contribution in [3.63, 3.8) is 0 Å². The van der Waals surface area contributed by atoms with Gasteiger partial charge in [-0.2, -0.15) is 13.2 Å². The number of hydrogen-bond donors (Lipinski definition) is 1. The molecule has 2 N–H and O–H groups in total.